The van der Waals surface area contributed by atoms with Crippen molar-refractivity contribution in [1.82, 2.24) is 4.98 Å². The SMILES string of the molecule is Nc1cccnc1NC(=O)c1cc(F)cc(Br)c1. The summed E-state index contributed by atoms with van der Waals surface area (Å²) in [7, 11) is 0. The molecule has 0 saturated heterocycles. The third-order valence-electron chi connectivity index (χ3n) is 2.20. The number of nitrogen functional groups attached to an aromatic ring is 1. The van der Waals surface area contributed by atoms with Crippen molar-refractivity contribution in [2.75, 3.05) is 11.1 Å². The van der Waals surface area contributed by atoms with Gasteiger partial charge in [0.1, 0.15) is 5.82 Å². The Balaban J connectivity index is 2.25. The summed E-state index contributed by atoms with van der Waals surface area (Å²) < 4.78 is 13.6. The van der Waals surface area contributed by atoms with Crippen molar-refractivity contribution in [3.63, 3.8) is 0 Å². The van der Waals surface area contributed by atoms with Gasteiger partial charge in [-0.1, -0.05) is 15.9 Å². The molecule has 18 heavy (non-hydrogen) atoms. The summed E-state index contributed by atoms with van der Waals surface area (Å²) in [6.45, 7) is 0. The number of hydrogen-bond acceptors (Lipinski definition) is 3. The molecule has 1 amide bonds. The fourth-order valence-corrected chi connectivity index (χ4v) is 1.85. The van der Waals surface area contributed by atoms with E-state index in [0.717, 1.165) is 6.07 Å². The monoisotopic (exact) mass is 309 g/mol. The predicted octanol–water partition coefficient (Wildman–Crippen LogP) is 2.82. The zero-order valence-electron chi connectivity index (χ0n) is 9.15. The number of carbonyl (C=O) groups excluding carboxylic acids is 1. The number of nitrogens with zero attached hydrogens (tertiary/aromatic N) is 1. The van der Waals surface area contributed by atoms with E-state index in [1.807, 2.05) is 0 Å². The smallest absolute Gasteiger partial charge is 0.257 e. The van der Waals surface area contributed by atoms with Gasteiger partial charge in [-0.15, -0.1) is 0 Å². The van der Waals surface area contributed by atoms with Gasteiger partial charge in [-0.25, -0.2) is 9.37 Å². The molecular weight excluding hydrogens is 301 g/mol. The summed E-state index contributed by atoms with van der Waals surface area (Å²) in [5.74, 6) is -0.716. The minimum Gasteiger partial charge on any atom is -0.396 e. The molecule has 0 fully saturated rings. The van der Waals surface area contributed by atoms with Gasteiger partial charge in [0.2, 0.25) is 0 Å². The molecule has 1 aromatic carbocycles. The maximum Gasteiger partial charge on any atom is 0.257 e. The summed E-state index contributed by atoms with van der Waals surface area (Å²) in [6, 6.07) is 7.19. The highest BCUT2D eigenvalue weighted by Gasteiger charge is 2.10. The number of carbonyl (C=O) groups is 1. The molecule has 0 aliphatic carbocycles. The Morgan fingerprint density at radius 2 is 2.17 bits per heavy atom. The lowest BCUT2D eigenvalue weighted by atomic mass is 10.2. The molecule has 0 atom stereocenters. The van der Waals surface area contributed by atoms with Crippen LogP contribution in [0.1, 0.15) is 10.4 Å². The summed E-state index contributed by atoms with van der Waals surface area (Å²) in [5, 5.41) is 2.52. The summed E-state index contributed by atoms with van der Waals surface area (Å²) >= 11 is 3.12. The molecule has 0 aliphatic heterocycles. The van der Waals surface area contributed by atoms with E-state index in [4.69, 9.17) is 5.73 Å². The van der Waals surface area contributed by atoms with E-state index >= 15 is 0 Å². The first kappa shape index (κ1) is 12.5. The molecule has 0 radical (unpaired) electrons. The van der Waals surface area contributed by atoms with Gasteiger partial charge in [-0.3, -0.25) is 4.79 Å². The van der Waals surface area contributed by atoms with Crippen LogP contribution in [0.4, 0.5) is 15.9 Å². The lowest BCUT2D eigenvalue weighted by Gasteiger charge is -2.07. The maximum atomic E-state index is 13.2. The number of halogens is 2. The van der Waals surface area contributed by atoms with Gasteiger partial charge in [-0.05, 0) is 30.3 Å². The van der Waals surface area contributed by atoms with Crippen molar-refractivity contribution in [3.05, 3.63) is 52.4 Å². The number of nitrogens with two attached hydrogens (primary N) is 1. The van der Waals surface area contributed by atoms with Crippen molar-refractivity contribution >= 4 is 33.3 Å². The lowest BCUT2D eigenvalue weighted by molar-refractivity contribution is 0.102. The number of anilines is 2. The highest BCUT2D eigenvalue weighted by Crippen LogP contribution is 2.18. The molecule has 2 aromatic rings. The molecule has 0 bridgehead atoms. The van der Waals surface area contributed by atoms with Crippen LogP contribution in [0.3, 0.4) is 0 Å². The average molecular weight is 310 g/mol. The van der Waals surface area contributed by atoms with Gasteiger partial charge in [0, 0.05) is 16.2 Å². The third kappa shape index (κ3) is 2.84. The molecule has 0 spiro atoms. The second-order valence-corrected chi connectivity index (χ2v) is 4.47. The largest absolute Gasteiger partial charge is 0.396 e. The molecule has 0 aliphatic rings. The van der Waals surface area contributed by atoms with E-state index < -0.39 is 11.7 Å². The van der Waals surface area contributed by atoms with Gasteiger partial charge in [0.05, 0.1) is 5.69 Å². The highest BCUT2D eigenvalue weighted by molar-refractivity contribution is 9.10. The quantitative estimate of drug-likeness (QED) is 0.896. The maximum absolute atomic E-state index is 13.2. The summed E-state index contributed by atoms with van der Waals surface area (Å²) in [6.07, 6.45) is 1.51. The Hall–Kier alpha value is -1.95. The van der Waals surface area contributed by atoms with E-state index in [-0.39, 0.29) is 11.4 Å². The number of benzene rings is 1. The number of aromatic nitrogens is 1. The Bertz CT molecular complexity index is 583. The van der Waals surface area contributed by atoms with Gasteiger partial charge < -0.3 is 11.1 Å². The van der Waals surface area contributed by atoms with Gasteiger partial charge >= 0.3 is 0 Å². The van der Waals surface area contributed by atoms with E-state index in [0.29, 0.717) is 10.2 Å². The molecule has 0 saturated carbocycles. The standard InChI is InChI=1S/C12H9BrFN3O/c13-8-4-7(5-9(14)6-8)12(18)17-11-10(15)2-1-3-16-11/h1-6H,15H2,(H,16,17,18). The predicted molar refractivity (Wildman–Crippen MR) is 70.7 cm³/mol. The highest BCUT2D eigenvalue weighted by atomic mass is 79.9. The molecule has 92 valence electrons. The first-order chi connectivity index (χ1) is 8.56. The second kappa shape index (κ2) is 5.14. The molecule has 2 rings (SSSR count). The topological polar surface area (TPSA) is 68.0 Å². The second-order valence-electron chi connectivity index (χ2n) is 3.55. The van der Waals surface area contributed by atoms with E-state index in [2.05, 4.69) is 26.2 Å². The Morgan fingerprint density at radius 3 is 2.83 bits per heavy atom. The Labute approximate surface area is 111 Å². The van der Waals surface area contributed by atoms with Gasteiger partial charge in [-0.2, -0.15) is 0 Å². The van der Waals surface area contributed by atoms with Crippen molar-refractivity contribution in [3.8, 4) is 0 Å². The van der Waals surface area contributed by atoms with Crippen molar-refractivity contribution in [2.24, 2.45) is 0 Å². The lowest BCUT2D eigenvalue weighted by Crippen LogP contribution is -2.14. The third-order valence-corrected chi connectivity index (χ3v) is 2.65. The molecule has 1 aromatic heterocycles. The zero-order chi connectivity index (χ0) is 13.1. The molecule has 4 nitrogen and oxygen atoms in total. The van der Waals surface area contributed by atoms with Crippen LogP contribution >= 0.6 is 15.9 Å². The fraction of sp³-hybridized carbons (Fsp3) is 0. The van der Waals surface area contributed by atoms with Crippen LogP contribution in [0.25, 0.3) is 0 Å². The minimum atomic E-state index is -0.497. The number of pyridine rings is 1. The number of rotatable bonds is 2. The van der Waals surface area contributed by atoms with Gasteiger partial charge in [0.15, 0.2) is 5.82 Å². The number of nitrogens with one attached hydrogen (secondary N) is 1. The van der Waals surface area contributed by atoms with Crippen LogP contribution in [0, 0.1) is 5.82 Å². The Kier molecular flexibility index (Phi) is 3.57. The van der Waals surface area contributed by atoms with Crippen LogP contribution in [-0.2, 0) is 0 Å². The first-order valence-electron chi connectivity index (χ1n) is 5.04. The molecule has 0 unspecified atom stereocenters. The van der Waals surface area contributed by atoms with E-state index in [1.54, 1.807) is 12.1 Å². The number of amides is 1. The van der Waals surface area contributed by atoms with Crippen LogP contribution in [0.2, 0.25) is 0 Å². The molecule has 1 heterocycles. The summed E-state index contributed by atoms with van der Waals surface area (Å²) in [5.41, 5.74) is 6.18. The van der Waals surface area contributed by atoms with Crippen LogP contribution in [0.5, 0.6) is 0 Å². The molecular formula is C12H9BrFN3O. The normalized spacial score (nSPS) is 10.1. The minimum absolute atomic E-state index is 0.187. The van der Waals surface area contributed by atoms with Crippen LogP contribution in [0.15, 0.2) is 41.0 Å². The van der Waals surface area contributed by atoms with E-state index in [9.17, 15) is 9.18 Å². The van der Waals surface area contributed by atoms with Crippen LogP contribution in [-0.4, -0.2) is 10.9 Å². The van der Waals surface area contributed by atoms with E-state index in [1.165, 1.54) is 18.3 Å². The first-order valence-corrected chi connectivity index (χ1v) is 5.83. The Morgan fingerprint density at radius 1 is 1.39 bits per heavy atom. The fourth-order valence-electron chi connectivity index (χ4n) is 1.39. The van der Waals surface area contributed by atoms with Gasteiger partial charge in [0.25, 0.3) is 5.91 Å². The molecule has 6 heteroatoms. The van der Waals surface area contributed by atoms with Crippen molar-refractivity contribution in [1.29, 1.82) is 0 Å². The van der Waals surface area contributed by atoms with Crippen molar-refractivity contribution < 1.29 is 9.18 Å². The van der Waals surface area contributed by atoms with Crippen molar-refractivity contribution in [2.45, 2.75) is 0 Å². The van der Waals surface area contributed by atoms with Crippen LogP contribution < -0.4 is 11.1 Å². The molecule has 3 N–H and O–H groups in total. The summed E-state index contributed by atoms with van der Waals surface area (Å²) in [4.78, 5) is 15.8. The number of hydrogen-bond donors (Lipinski definition) is 2. The average Bonchev–Trinajstić information content (AvgIpc) is 2.31. The zero-order valence-corrected chi connectivity index (χ0v) is 10.7.